The fourth-order valence-corrected chi connectivity index (χ4v) is 4.25. The van der Waals surface area contributed by atoms with Crippen LogP contribution in [-0.4, -0.2) is 26.8 Å². The number of benzene rings is 2. The lowest BCUT2D eigenvalue weighted by molar-refractivity contribution is -0.170. The molecule has 1 amide bonds. The van der Waals surface area contributed by atoms with Gasteiger partial charge in [0.2, 0.25) is 0 Å². The number of anilines is 1. The van der Waals surface area contributed by atoms with Crippen LogP contribution >= 0.6 is 11.6 Å². The van der Waals surface area contributed by atoms with Crippen LogP contribution in [0.25, 0.3) is 5.69 Å². The van der Waals surface area contributed by atoms with Crippen LogP contribution < -0.4 is 4.90 Å². The Bertz CT molecular complexity index is 1490. The van der Waals surface area contributed by atoms with Gasteiger partial charge in [-0.2, -0.15) is 23.5 Å². The molecule has 0 unspecified atom stereocenters. The van der Waals surface area contributed by atoms with Gasteiger partial charge in [0.25, 0.3) is 0 Å². The molecule has 6 nitrogen and oxygen atoms in total. The Labute approximate surface area is 216 Å². The molecule has 0 fully saturated rings. The Morgan fingerprint density at radius 3 is 2.54 bits per heavy atom. The van der Waals surface area contributed by atoms with Crippen LogP contribution in [0.4, 0.5) is 18.9 Å². The van der Waals surface area contributed by atoms with Crippen molar-refractivity contribution in [2.75, 3.05) is 4.90 Å². The van der Waals surface area contributed by atoms with E-state index < -0.39 is 12.1 Å². The molecule has 0 aliphatic heterocycles. The third-order valence-electron chi connectivity index (χ3n) is 5.90. The van der Waals surface area contributed by atoms with E-state index in [2.05, 4.69) is 10.1 Å². The zero-order chi connectivity index (χ0) is 26.7. The number of halogens is 4. The number of carbonyl (C=O) groups is 1. The van der Waals surface area contributed by atoms with Crippen LogP contribution in [0.15, 0.2) is 66.9 Å². The van der Waals surface area contributed by atoms with Crippen LogP contribution in [0.1, 0.15) is 33.8 Å². The van der Waals surface area contributed by atoms with E-state index in [1.165, 1.54) is 12.3 Å². The lowest BCUT2D eigenvalue weighted by Crippen LogP contribution is -2.41. The van der Waals surface area contributed by atoms with E-state index in [9.17, 15) is 18.0 Å². The summed E-state index contributed by atoms with van der Waals surface area (Å²) in [6, 6.07) is 18.4. The van der Waals surface area contributed by atoms with E-state index in [0.717, 1.165) is 17.0 Å². The van der Waals surface area contributed by atoms with Crippen molar-refractivity contribution in [3.8, 4) is 11.8 Å². The minimum Gasteiger partial charge on any atom is -0.299 e. The zero-order valence-electron chi connectivity index (χ0n) is 19.9. The molecular weight excluding hydrogens is 503 g/mol. The van der Waals surface area contributed by atoms with Crippen molar-refractivity contribution in [2.45, 2.75) is 33.0 Å². The molecule has 2 aromatic carbocycles. The van der Waals surface area contributed by atoms with Crippen molar-refractivity contribution in [3.05, 3.63) is 106 Å². The first-order valence-corrected chi connectivity index (χ1v) is 11.6. The summed E-state index contributed by atoms with van der Waals surface area (Å²) in [6.07, 6.45) is -3.19. The highest BCUT2D eigenvalue weighted by molar-refractivity contribution is 6.31. The molecule has 37 heavy (non-hydrogen) atoms. The van der Waals surface area contributed by atoms with E-state index >= 15 is 0 Å². The minimum absolute atomic E-state index is 0.118. The van der Waals surface area contributed by atoms with E-state index in [-0.39, 0.29) is 12.2 Å². The summed E-state index contributed by atoms with van der Waals surface area (Å²) in [6.45, 7) is 3.40. The number of pyridine rings is 1. The number of nitriles is 1. The molecule has 4 aromatic rings. The largest absolute Gasteiger partial charge is 0.471 e. The molecule has 0 saturated heterocycles. The Balaban J connectivity index is 1.67. The summed E-state index contributed by atoms with van der Waals surface area (Å²) >= 11 is 6.19. The molecule has 0 saturated carbocycles. The van der Waals surface area contributed by atoms with Gasteiger partial charge in [-0.1, -0.05) is 29.8 Å². The van der Waals surface area contributed by atoms with E-state index in [4.69, 9.17) is 16.9 Å². The molecule has 0 radical (unpaired) electrons. The van der Waals surface area contributed by atoms with Crippen LogP contribution in [0.3, 0.4) is 0 Å². The number of hydrogen-bond acceptors (Lipinski definition) is 4. The standard InChI is InChI=1S/C27H21ClF3N5O/c1-17-24(18(2)36(34-17)23-10-9-20(15-32)25(28)14-23)13-19-6-5-8-22(12-19)35(26(37)27(29,30)31)16-21-7-3-4-11-33-21/h3-12,14H,13,16H2,1-2H3. The number of amides is 1. The average molecular weight is 524 g/mol. The second kappa shape index (κ2) is 10.4. The maximum absolute atomic E-state index is 13.4. The monoisotopic (exact) mass is 523 g/mol. The molecule has 10 heteroatoms. The predicted octanol–water partition coefficient (Wildman–Crippen LogP) is 6.10. The first-order valence-electron chi connectivity index (χ1n) is 11.2. The summed E-state index contributed by atoms with van der Waals surface area (Å²) in [4.78, 5) is 17.1. The number of aryl methyl sites for hydroxylation is 1. The van der Waals surface area contributed by atoms with Gasteiger partial charge >= 0.3 is 12.1 Å². The highest BCUT2D eigenvalue weighted by Gasteiger charge is 2.43. The Hall–Kier alpha value is -4.16. The molecule has 0 atom stereocenters. The number of aromatic nitrogens is 3. The van der Waals surface area contributed by atoms with Crippen LogP contribution in [-0.2, 0) is 17.8 Å². The van der Waals surface area contributed by atoms with Gasteiger partial charge in [0, 0.05) is 29.6 Å². The maximum Gasteiger partial charge on any atom is 0.471 e. The van der Waals surface area contributed by atoms with Gasteiger partial charge in [0.15, 0.2) is 0 Å². The van der Waals surface area contributed by atoms with Crippen LogP contribution in [0.5, 0.6) is 0 Å². The van der Waals surface area contributed by atoms with Gasteiger partial charge in [-0.15, -0.1) is 0 Å². The number of carbonyl (C=O) groups excluding carboxylic acids is 1. The molecule has 2 heterocycles. The van der Waals surface area contributed by atoms with Crippen molar-refractivity contribution in [3.63, 3.8) is 0 Å². The third-order valence-corrected chi connectivity index (χ3v) is 6.21. The summed E-state index contributed by atoms with van der Waals surface area (Å²) in [5.74, 6) is -1.96. The summed E-state index contributed by atoms with van der Waals surface area (Å²) < 4.78 is 42.0. The molecule has 0 aliphatic carbocycles. The normalized spacial score (nSPS) is 11.3. The van der Waals surface area contributed by atoms with Crippen LogP contribution in [0, 0.1) is 25.2 Å². The fourth-order valence-electron chi connectivity index (χ4n) is 4.03. The minimum atomic E-state index is -5.04. The van der Waals surface area contributed by atoms with E-state index in [0.29, 0.717) is 38.9 Å². The lowest BCUT2D eigenvalue weighted by Gasteiger charge is -2.24. The predicted molar refractivity (Wildman–Crippen MR) is 133 cm³/mol. The SMILES string of the molecule is Cc1nn(-c2ccc(C#N)c(Cl)c2)c(C)c1Cc1cccc(N(Cc2ccccn2)C(=O)C(F)(F)F)c1. The maximum atomic E-state index is 13.4. The van der Waals surface area contributed by atoms with Gasteiger partial charge < -0.3 is 0 Å². The van der Waals surface area contributed by atoms with Gasteiger partial charge in [-0.25, -0.2) is 4.68 Å². The Morgan fingerprint density at radius 1 is 1.11 bits per heavy atom. The van der Waals surface area contributed by atoms with Crippen molar-refractivity contribution >= 4 is 23.2 Å². The van der Waals surface area contributed by atoms with Crippen LogP contribution in [0.2, 0.25) is 5.02 Å². The second-order valence-corrected chi connectivity index (χ2v) is 8.80. The van der Waals surface area contributed by atoms with Crippen molar-refractivity contribution < 1.29 is 18.0 Å². The second-order valence-electron chi connectivity index (χ2n) is 8.39. The molecule has 2 aromatic heterocycles. The first kappa shape index (κ1) is 25.9. The third kappa shape index (κ3) is 5.65. The number of rotatable bonds is 6. The smallest absolute Gasteiger partial charge is 0.299 e. The Kier molecular flexibility index (Phi) is 7.32. The molecule has 188 valence electrons. The van der Waals surface area contributed by atoms with E-state index in [1.54, 1.807) is 59.3 Å². The van der Waals surface area contributed by atoms with Gasteiger partial charge in [0.05, 0.1) is 34.2 Å². The summed E-state index contributed by atoms with van der Waals surface area (Å²) in [7, 11) is 0. The quantitative estimate of drug-likeness (QED) is 0.306. The van der Waals surface area contributed by atoms with Crippen molar-refractivity contribution in [2.24, 2.45) is 0 Å². The lowest BCUT2D eigenvalue weighted by atomic mass is 10.0. The van der Waals surface area contributed by atoms with Gasteiger partial charge in [0.1, 0.15) is 6.07 Å². The topological polar surface area (TPSA) is 74.8 Å². The fraction of sp³-hybridized carbons (Fsp3) is 0.185. The van der Waals surface area contributed by atoms with Crippen molar-refractivity contribution in [1.82, 2.24) is 14.8 Å². The van der Waals surface area contributed by atoms with Gasteiger partial charge in [-0.3, -0.25) is 14.7 Å². The van der Waals surface area contributed by atoms with E-state index in [1.807, 2.05) is 19.9 Å². The zero-order valence-corrected chi connectivity index (χ0v) is 20.7. The molecule has 0 aliphatic rings. The summed E-state index contributed by atoms with van der Waals surface area (Å²) in [5.41, 5.74) is 4.64. The highest BCUT2D eigenvalue weighted by atomic mass is 35.5. The first-order chi connectivity index (χ1) is 17.6. The molecule has 4 rings (SSSR count). The molecule has 0 spiro atoms. The van der Waals surface area contributed by atoms with Gasteiger partial charge in [-0.05, 0) is 61.9 Å². The molecule has 0 bridgehead atoms. The molecule has 0 N–H and O–H groups in total. The number of nitrogens with zero attached hydrogens (tertiary/aromatic N) is 5. The summed E-state index contributed by atoms with van der Waals surface area (Å²) in [5, 5.41) is 14.0. The highest BCUT2D eigenvalue weighted by Crippen LogP contribution is 2.28. The van der Waals surface area contributed by atoms with Crippen molar-refractivity contribution in [1.29, 1.82) is 5.26 Å². The molecular formula is C27H21ClF3N5O. The number of hydrogen-bond donors (Lipinski definition) is 0. The average Bonchev–Trinajstić information content (AvgIpc) is 3.15. The number of alkyl halides is 3. The Morgan fingerprint density at radius 2 is 1.89 bits per heavy atom.